The van der Waals surface area contributed by atoms with Crippen molar-refractivity contribution in [3.05, 3.63) is 11.9 Å². The highest BCUT2D eigenvalue weighted by Gasteiger charge is 2.29. The molecule has 0 unspecified atom stereocenters. The molecular weight excluding hydrogens is 264 g/mol. The fraction of sp³-hybridized carbons (Fsp3) is 0.667. The number of sulfone groups is 1. The molecule has 0 aromatic carbocycles. The van der Waals surface area contributed by atoms with Gasteiger partial charge < -0.3 is 11.1 Å². The molecule has 0 fully saturated rings. The lowest BCUT2D eigenvalue weighted by Crippen LogP contribution is -2.38. The average molecular weight is 286 g/mol. The number of hydrogen-bond acceptors (Lipinski definition) is 6. The second-order valence-corrected chi connectivity index (χ2v) is 7.88. The van der Waals surface area contributed by atoms with Gasteiger partial charge in [0.1, 0.15) is 17.5 Å². The van der Waals surface area contributed by atoms with Crippen molar-refractivity contribution in [1.82, 2.24) is 9.97 Å². The van der Waals surface area contributed by atoms with Crippen molar-refractivity contribution in [2.24, 2.45) is 0 Å². The first-order valence-electron chi connectivity index (χ1n) is 6.22. The van der Waals surface area contributed by atoms with E-state index >= 15 is 0 Å². The summed E-state index contributed by atoms with van der Waals surface area (Å²) >= 11 is 0. The van der Waals surface area contributed by atoms with Gasteiger partial charge in [-0.05, 0) is 20.3 Å². The van der Waals surface area contributed by atoms with Crippen LogP contribution >= 0.6 is 0 Å². The van der Waals surface area contributed by atoms with Crippen LogP contribution in [0.2, 0.25) is 0 Å². The molecule has 0 aliphatic heterocycles. The van der Waals surface area contributed by atoms with Gasteiger partial charge in [0.15, 0.2) is 9.84 Å². The van der Waals surface area contributed by atoms with Gasteiger partial charge in [0.05, 0.1) is 4.75 Å². The first-order valence-corrected chi connectivity index (χ1v) is 8.12. The molecule has 7 heteroatoms. The molecule has 0 atom stereocenters. The lowest BCUT2D eigenvalue weighted by atomic mass is 10.2. The molecule has 108 valence electrons. The van der Waals surface area contributed by atoms with Crippen LogP contribution in [0.4, 0.5) is 11.6 Å². The Balaban J connectivity index is 2.83. The number of nitrogen functional groups attached to an aromatic ring is 1. The van der Waals surface area contributed by atoms with E-state index in [1.54, 1.807) is 19.9 Å². The number of nitrogens with zero attached hydrogens (tertiary/aromatic N) is 2. The van der Waals surface area contributed by atoms with Crippen molar-refractivity contribution < 1.29 is 8.42 Å². The van der Waals surface area contributed by atoms with Crippen LogP contribution in [0.5, 0.6) is 0 Å². The molecule has 19 heavy (non-hydrogen) atoms. The van der Waals surface area contributed by atoms with Crippen LogP contribution < -0.4 is 11.1 Å². The van der Waals surface area contributed by atoms with Gasteiger partial charge in [0.25, 0.3) is 0 Å². The second kappa shape index (κ2) is 5.73. The zero-order valence-electron chi connectivity index (χ0n) is 11.9. The molecule has 0 saturated heterocycles. The molecule has 1 aromatic heterocycles. The summed E-state index contributed by atoms with van der Waals surface area (Å²) in [4.78, 5) is 8.44. The minimum Gasteiger partial charge on any atom is -0.384 e. The molecule has 6 nitrogen and oxygen atoms in total. The van der Waals surface area contributed by atoms with Crippen molar-refractivity contribution >= 4 is 21.5 Å². The number of aryl methyl sites for hydroxylation is 1. The van der Waals surface area contributed by atoms with Crippen molar-refractivity contribution in [1.29, 1.82) is 0 Å². The van der Waals surface area contributed by atoms with E-state index in [0.717, 1.165) is 12.8 Å². The average Bonchev–Trinajstić information content (AvgIpc) is 2.25. The lowest BCUT2D eigenvalue weighted by Gasteiger charge is -2.23. The molecule has 0 saturated carbocycles. The summed E-state index contributed by atoms with van der Waals surface area (Å²) in [7, 11) is -3.14. The van der Waals surface area contributed by atoms with Crippen LogP contribution in [0.3, 0.4) is 0 Å². The van der Waals surface area contributed by atoms with E-state index in [4.69, 9.17) is 5.73 Å². The highest BCUT2D eigenvalue weighted by Crippen LogP contribution is 2.17. The predicted octanol–water partition coefficient (Wildman–Crippen LogP) is 1.25. The van der Waals surface area contributed by atoms with Gasteiger partial charge in [-0.3, -0.25) is 0 Å². The number of nitrogens with two attached hydrogens (primary N) is 1. The van der Waals surface area contributed by atoms with Crippen LogP contribution in [-0.2, 0) is 16.3 Å². The van der Waals surface area contributed by atoms with Crippen molar-refractivity contribution in [3.63, 3.8) is 0 Å². The van der Waals surface area contributed by atoms with Gasteiger partial charge in [0, 0.05) is 25.3 Å². The monoisotopic (exact) mass is 286 g/mol. The van der Waals surface area contributed by atoms with Gasteiger partial charge in [-0.1, -0.05) is 6.92 Å². The molecule has 0 spiro atoms. The molecule has 1 rings (SSSR count). The second-order valence-electron chi connectivity index (χ2n) is 5.23. The summed E-state index contributed by atoms with van der Waals surface area (Å²) in [5.74, 6) is 1.62. The standard InChI is InChI=1S/C12H22N4O2S/c1-5-6-10-15-9(13)7-11(16-10)14-8-12(2,3)19(4,17)18/h7H,5-6,8H2,1-4H3,(H3,13,14,15,16). The van der Waals surface area contributed by atoms with Crippen LogP contribution in [0.25, 0.3) is 0 Å². The molecule has 0 aliphatic carbocycles. The van der Waals surface area contributed by atoms with Crippen LogP contribution in [0.15, 0.2) is 6.07 Å². The number of hydrogen-bond donors (Lipinski definition) is 2. The number of aromatic nitrogens is 2. The Kier molecular flexibility index (Phi) is 4.73. The topological polar surface area (TPSA) is 98.0 Å². The van der Waals surface area contributed by atoms with E-state index in [1.165, 1.54) is 6.26 Å². The molecular formula is C12H22N4O2S. The summed E-state index contributed by atoms with van der Waals surface area (Å²) < 4.78 is 22.4. The third kappa shape index (κ3) is 4.34. The van der Waals surface area contributed by atoms with E-state index in [2.05, 4.69) is 15.3 Å². The Morgan fingerprint density at radius 2 is 2.00 bits per heavy atom. The normalized spacial score (nSPS) is 12.4. The Morgan fingerprint density at radius 1 is 1.37 bits per heavy atom. The fourth-order valence-electron chi connectivity index (χ4n) is 1.38. The summed E-state index contributed by atoms with van der Waals surface area (Å²) in [5, 5.41) is 3.02. The van der Waals surface area contributed by atoms with Gasteiger partial charge in [0.2, 0.25) is 0 Å². The Morgan fingerprint density at radius 3 is 2.53 bits per heavy atom. The van der Waals surface area contributed by atoms with Gasteiger partial charge in [-0.2, -0.15) is 0 Å². The molecule has 1 heterocycles. The third-order valence-corrected chi connectivity index (χ3v) is 5.12. The summed E-state index contributed by atoms with van der Waals surface area (Å²) in [6.07, 6.45) is 2.90. The molecule has 0 radical (unpaired) electrons. The third-order valence-electron chi connectivity index (χ3n) is 2.96. The van der Waals surface area contributed by atoms with E-state index in [-0.39, 0.29) is 6.54 Å². The fourth-order valence-corrected chi connectivity index (χ4v) is 1.71. The molecule has 0 bridgehead atoms. The first kappa shape index (κ1) is 15.7. The Labute approximate surface area is 114 Å². The van der Waals surface area contributed by atoms with Crippen molar-refractivity contribution in [2.45, 2.75) is 38.4 Å². The van der Waals surface area contributed by atoms with Crippen molar-refractivity contribution in [2.75, 3.05) is 23.9 Å². The highest BCUT2D eigenvalue weighted by molar-refractivity contribution is 7.92. The SMILES string of the molecule is CCCc1nc(N)cc(NCC(C)(C)S(C)(=O)=O)n1. The maximum Gasteiger partial charge on any atom is 0.154 e. The molecule has 0 aliphatic rings. The quantitative estimate of drug-likeness (QED) is 0.816. The Hall–Kier alpha value is -1.37. The highest BCUT2D eigenvalue weighted by atomic mass is 32.2. The minimum atomic E-state index is -3.14. The maximum absolute atomic E-state index is 11.6. The van der Waals surface area contributed by atoms with E-state index in [9.17, 15) is 8.42 Å². The van der Waals surface area contributed by atoms with Gasteiger partial charge in [-0.15, -0.1) is 0 Å². The lowest BCUT2D eigenvalue weighted by molar-refractivity contribution is 0.559. The van der Waals surface area contributed by atoms with Crippen LogP contribution in [0, 0.1) is 0 Å². The minimum absolute atomic E-state index is 0.272. The summed E-state index contributed by atoms with van der Waals surface area (Å²) in [6, 6.07) is 1.61. The number of anilines is 2. The molecule has 1 aromatic rings. The van der Waals surface area contributed by atoms with Crippen molar-refractivity contribution in [3.8, 4) is 0 Å². The van der Waals surface area contributed by atoms with Crippen LogP contribution in [0.1, 0.15) is 33.0 Å². The zero-order chi connectivity index (χ0) is 14.7. The van der Waals surface area contributed by atoms with E-state index in [0.29, 0.717) is 17.5 Å². The maximum atomic E-state index is 11.6. The Bertz CT molecular complexity index is 541. The van der Waals surface area contributed by atoms with Crippen LogP contribution in [-0.4, -0.2) is 35.9 Å². The van der Waals surface area contributed by atoms with E-state index in [1.807, 2.05) is 6.92 Å². The number of rotatable bonds is 6. The van der Waals surface area contributed by atoms with Gasteiger partial charge >= 0.3 is 0 Å². The molecule has 3 N–H and O–H groups in total. The summed E-state index contributed by atoms with van der Waals surface area (Å²) in [6.45, 7) is 5.65. The summed E-state index contributed by atoms with van der Waals surface area (Å²) in [5.41, 5.74) is 5.71. The number of nitrogens with one attached hydrogen (secondary N) is 1. The molecule has 0 amide bonds. The van der Waals surface area contributed by atoms with E-state index < -0.39 is 14.6 Å². The largest absolute Gasteiger partial charge is 0.384 e. The zero-order valence-corrected chi connectivity index (χ0v) is 12.7. The predicted molar refractivity (Wildman–Crippen MR) is 77.9 cm³/mol. The first-order chi connectivity index (χ1) is 8.65. The smallest absolute Gasteiger partial charge is 0.154 e. The van der Waals surface area contributed by atoms with Gasteiger partial charge in [-0.25, -0.2) is 18.4 Å².